The zero-order chi connectivity index (χ0) is 15.5. The van der Waals surface area contributed by atoms with Gasteiger partial charge in [-0.1, -0.05) is 18.6 Å². The summed E-state index contributed by atoms with van der Waals surface area (Å²) in [5.41, 5.74) is 1.35. The van der Waals surface area contributed by atoms with E-state index in [0.717, 1.165) is 24.7 Å². The van der Waals surface area contributed by atoms with Gasteiger partial charge in [0.2, 0.25) is 15.9 Å². The van der Waals surface area contributed by atoms with Crippen LogP contribution in [-0.2, 0) is 21.4 Å². The summed E-state index contributed by atoms with van der Waals surface area (Å²) in [5.74, 6) is -0.308. The van der Waals surface area contributed by atoms with E-state index in [2.05, 4.69) is 5.32 Å². The molecule has 1 fully saturated rings. The third kappa shape index (κ3) is 4.03. The number of aliphatic hydroxyl groups is 1. The molecule has 1 atom stereocenters. The highest BCUT2D eigenvalue weighted by molar-refractivity contribution is 7.88. The SMILES string of the molecule is CS(=O)(=O)N1CCCCC1C(=O)Nc1ccc(CO)cc1. The molecule has 1 aliphatic heterocycles. The van der Waals surface area contributed by atoms with Crippen LogP contribution in [-0.4, -0.2) is 42.6 Å². The van der Waals surface area contributed by atoms with Crippen molar-refractivity contribution < 1.29 is 18.3 Å². The maximum absolute atomic E-state index is 12.3. The second-order valence-corrected chi connectivity index (χ2v) is 7.16. The minimum Gasteiger partial charge on any atom is -0.392 e. The maximum Gasteiger partial charge on any atom is 0.242 e. The molecule has 1 saturated heterocycles. The van der Waals surface area contributed by atoms with E-state index in [1.54, 1.807) is 24.3 Å². The van der Waals surface area contributed by atoms with Gasteiger partial charge in [0.05, 0.1) is 12.9 Å². The predicted octanol–water partition coefficient (Wildman–Crippen LogP) is 0.931. The lowest BCUT2D eigenvalue weighted by atomic mass is 10.0. The van der Waals surface area contributed by atoms with Crippen molar-refractivity contribution in [3.05, 3.63) is 29.8 Å². The molecular weight excluding hydrogens is 292 g/mol. The van der Waals surface area contributed by atoms with Gasteiger partial charge < -0.3 is 10.4 Å². The maximum atomic E-state index is 12.3. The molecule has 0 bridgehead atoms. The molecule has 0 aromatic heterocycles. The first-order valence-corrected chi connectivity index (χ1v) is 8.74. The highest BCUT2D eigenvalue weighted by atomic mass is 32.2. The molecule has 1 amide bonds. The predicted molar refractivity (Wildman–Crippen MR) is 80.2 cm³/mol. The lowest BCUT2D eigenvalue weighted by Crippen LogP contribution is -2.49. The zero-order valence-corrected chi connectivity index (χ0v) is 12.8. The van der Waals surface area contributed by atoms with Gasteiger partial charge in [0.1, 0.15) is 6.04 Å². The molecule has 1 aromatic rings. The van der Waals surface area contributed by atoms with Crippen molar-refractivity contribution in [3.8, 4) is 0 Å². The summed E-state index contributed by atoms with van der Waals surface area (Å²) in [5, 5.41) is 11.7. The van der Waals surface area contributed by atoms with Crippen molar-refractivity contribution in [2.45, 2.75) is 31.9 Å². The number of piperidine rings is 1. The Morgan fingerprint density at radius 1 is 1.33 bits per heavy atom. The second-order valence-electron chi connectivity index (χ2n) is 5.23. The molecule has 1 aliphatic rings. The lowest BCUT2D eigenvalue weighted by Gasteiger charge is -2.32. The molecule has 1 unspecified atom stereocenters. The number of nitrogens with zero attached hydrogens (tertiary/aromatic N) is 1. The van der Waals surface area contributed by atoms with Gasteiger partial charge in [-0.25, -0.2) is 8.42 Å². The highest BCUT2D eigenvalue weighted by Crippen LogP contribution is 2.21. The van der Waals surface area contributed by atoms with E-state index >= 15 is 0 Å². The fourth-order valence-electron chi connectivity index (χ4n) is 2.48. The number of amides is 1. The standard InChI is InChI=1S/C14H20N2O4S/c1-21(19,20)16-9-3-2-4-13(16)14(18)15-12-7-5-11(10-17)6-8-12/h5-8,13,17H,2-4,9-10H2,1H3,(H,15,18). The van der Waals surface area contributed by atoms with Crippen molar-refractivity contribution in [2.24, 2.45) is 0 Å². The Bertz CT molecular complexity index is 598. The van der Waals surface area contributed by atoms with E-state index in [9.17, 15) is 13.2 Å². The van der Waals surface area contributed by atoms with Crippen molar-refractivity contribution in [2.75, 3.05) is 18.1 Å². The van der Waals surface area contributed by atoms with Gasteiger partial charge in [0, 0.05) is 12.2 Å². The van der Waals surface area contributed by atoms with Crippen LogP contribution >= 0.6 is 0 Å². The summed E-state index contributed by atoms with van der Waals surface area (Å²) in [4.78, 5) is 12.3. The molecular formula is C14H20N2O4S. The third-order valence-corrected chi connectivity index (χ3v) is 4.88. The smallest absolute Gasteiger partial charge is 0.242 e. The average Bonchev–Trinajstić information content (AvgIpc) is 2.47. The van der Waals surface area contributed by atoms with Gasteiger partial charge in [-0.15, -0.1) is 0 Å². The summed E-state index contributed by atoms with van der Waals surface area (Å²) in [7, 11) is -3.38. The van der Waals surface area contributed by atoms with Crippen LogP contribution in [0.4, 0.5) is 5.69 Å². The van der Waals surface area contributed by atoms with Gasteiger partial charge in [0.15, 0.2) is 0 Å². The van der Waals surface area contributed by atoms with E-state index in [1.807, 2.05) is 0 Å². The lowest BCUT2D eigenvalue weighted by molar-refractivity contribution is -0.120. The van der Waals surface area contributed by atoms with Gasteiger partial charge >= 0.3 is 0 Å². The fourth-order valence-corrected chi connectivity index (χ4v) is 3.61. The number of carbonyl (C=O) groups is 1. The van der Waals surface area contributed by atoms with Crippen LogP contribution in [0.1, 0.15) is 24.8 Å². The minimum absolute atomic E-state index is 0.0568. The van der Waals surface area contributed by atoms with E-state index in [1.165, 1.54) is 4.31 Å². The van der Waals surface area contributed by atoms with Gasteiger partial charge in [-0.05, 0) is 30.5 Å². The molecule has 0 saturated carbocycles. The number of hydrogen-bond donors (Lipinski definition) is 2. The number of benzene rings is 1. The summed E-state index contributed by atoms with van der Waals surface area (Å²) in [6.07, 6.45) is 3.29. The first kappa shape index (κ1) is 15.9. The quantitative estimate of drug-likeness (QED) is 0.866. The Balaban J connectivity index is 2.10. The first-order chi connectivity index (χ1) is 9.91. The molecule has 1 heterocycles. The molecule has 2 N–H and O–H groups in total. The Kier molecular flexibility index (Phi) is 4.97. The minimum atomic E-state index is -3.38. The summed E-state index contributed by atoms with van der Waals surface area (Å²) in [6.45, 7) is 0.332. The van der Waals surface area contributed by atoms with Crippen LogP contribution < -0.4 is 5.32 Å². The number of nitrogens with one attached hydrogen (secondary N) is 1. The van der Waals surface area contributed by atoms with Gasteiger partial charge in [-0.3, -0.25) is 4.79 Å². The highest BCUT2D eigenvalue weighted by Gasteiger charge is 2.34. The molecule has 0 radical (unpaired) electrons. The van der Waals surface area contributed by atoms with Crippen LogP contribution in [0.5, 0.6) is 0 Å². The second kappa shape index (κ2) is 6.55. The Morgan fingerprint density at radius 2 is 2.00 bits per heavy atom. The van der Waals surface area contributed by atoms with Crippen molar-refractivity contribution in [1.29, 1.82) is 0 Å². The van der Waals surface area contributed by atoms with E-state index in [-0.39, 0.29) is 12.5 Å². The Labute approximate surface area is 124 Å². The van der Waals surface area contributed by atoms with Crippen molar-refractivity contribution in [3.63, 3.8) is 0 Å². The number of carbonyl (C=O) groups excluding carboxylic acids is 1. The number of sulfonamides is 1. The van der Waals surface area contributed by atoms with Crippen LogP contribution in [0, 0.1) is 0 Å². The Hall–Kier alpha value is -1.44. The average molecular weight is 312 g/mol. The van der Waals surface area contributed by atoms with E-state index in [4.69, 9.17) is 5.11 Å². The number of anilines is 1. The molecule has 7 heteroatoms. The van der Waals surface area contributed by atoms with Crippen molar-refractivity contribution >= 4 is 21.6 Å². The van der Waals surface area contributed by atoms with Crippen LogP contribution in [0.3, 0.4) is 0 Å². The van der Waals surface area contributed by atoms with E-state index < -0.39 is 16.1 Å². The number of rotatable bonds is 4. The third-order valence-electron chi connectivity index (χ3n) is 3.59. The first-order valence-electron chi connectivity index (χ1n) is 6.89. The number of hydrogen-bond acceptors (Lipinski definition) is 4. The van der Waals surface area contributed by atoms with E-state index in [0.29, 0.717) is 18.7 Å². The fraction of sp³-hybridized carbons (Fsp3) is 0.500. The summed E-state index contributed by atoms with van der Waals surface area (Å²) < 4.78 is 24.8. The molecule has 6 nitrogen and oxygen atoms in total. The molecule has 2 rings (SSSR count). The topological polar surface area (TPSA) is 86.7 Å². The Morgan fingerprint density at radius 3 is 2.57 bits per heavy atom. The monoisotopic (exact) mass is 312 g/mol. The molecule has 0 spiro atoms. The zero-order valence-electron chi connectivity index (χ0n) is 11.9. The largest absolute Gasteiger partial charge is 0.392 e. The number of aliphatic hydroxyl groups excluding tert-OH is 1. The van der Waals surface area contributed by atoms with Crippen LogP contribution in [0.2, 0.25) is 0 Å². The summed E-state index contributed by atoms with van der Waals surface area (Å²) in [6, 6.07) is 6.16. The molecule has 116 valence electrons. The van der Waals surface area contributed by atoms with Crippen LogP contribution in [0.15, 0.2) is 24.3 Å². The van der Waals surface area contributed by atoms with Crippen LogP contribution in [0.25, 0.3) is 0 Å². The normalized spacial score (nSPS) is 20.2. The summed E-state index contributed by atoms with van der Waals surface area (Å²) >= 11 is 0. The van der Waals surface area contributed by atoms with Crippen molar-refractivity contribution in [1.82, 2.24) is 4.31 Å². The molecule has 1 aromatic carbocycles. The molecule has 0 aliphatic carbocycles. The van der Waals surface area contributed by atoms with Gasteiger partial charge in [0.25, 0.3) is 0 Å². The molecule has 21 heavy (non-hydrogen) atoms. The van der Waals surface area contributed by atoms with Gasteiger partial charge in [-0.2, -0.15) is 4.31 Å².